The summed E-state index contributed by atoms with van der Waals surface area (Å²) in [6.45, 7) is 2.84. The molecular weight excluding hydrogens is 224 g/mol. The Balaban J connectivity index is 2.82. The zero-order chi connectivity index (χ0) is 12.6. The maximum absolute atomic E-state index is 11.8. The van der Waals surface area contributed by atoms with E-state index in [0.717, 1.165) is 0 Å². The van der Waals surface area contributed by atoms with Crippen molar-refractivity contribution in [3.05, 3.63) is 34.2 Å². The van der Waals surface area contributed by atoms with E-state index in [1.54, 1.807) is 6.92 Å². The highest BCUT2D eigenvalue weighted by Crippen LogP contribution is 2.28. The van der Waals surface area contributed by atoms with E-state index < -0.39 is 5.97 Å². The van der Waals surface area contributed by atoms with E-state index in [0.29, 0.717) is 5.76 Å². The van der Waals surface area contributed by atoms with Crippen molar-refractivity contribution >= 4 is 16.9 Å². The van der Waals surface area contributed by atoms with Gasteiger partial charge in [0.2, 0.25) is 0 Å². The molecule has 5 heteroatoms. The Labute approximate surface area is 96.2 Å². The average Bonchev–Trinajstić information content (AvgIpc) is 2.13. The Morgan fingerprint density at radius 2 is 2.06 bits per heavy atom. The molecule has 1 aromatic heterocycles. The van der Waals surface area contributed by atoms with Crippen LogP contribution in [0.4, 0.5) is 0 Å². The third-order valence-corrected chi connectivity index (χ3v) is 2.16. The minimum absolute atomic E-state index is 0.00116. The van der Waals surface area contributed by atoms with Crippen LogP contribution in [0.5, 0.6) is 11.5 Å². The van der Waals surface area contributed by atoms with Crippen LogP contribution in [-0.2, 0) is 4.79 Å². The van der Waals surface area contributed by atoms with E-state index in [-0.39, 0.29) is 27.9 Å². The molecule has 1 heterocycles. The SMILES string of the molecule is CC(=O)Oc1cc(O)cc2oc(C)cc(=O)c12. The van der Waals surface area contributed by atoms with E-state index in [1.807, 2.05) is 0 Å². The third-order valence-electron chi connectivity index (χ3n) is 2.16. The Kier molecular flexibility index (Phi) is 2.59. The summed E-state index contributed by atoms with van der Waals surface area (Å²) < 4.78 is 10.2. The van der Waals surface area contributed by atoms with Crippen molar-refractivity contribution in [1.29, 1.82) is 0 Å². The number of carbonyl (C=O) groups excluding carboxylic acids is 1. The lowest BCUT2D eigenvalue weighted by atomic mass is 10.2. The van der Waals surface area contributed by atoms with E-state index in [1.165, 1.54) is 25.1 Å². The van der Waals surface area contributed by atoms with Crippen LogP contribution in [0, 0.1) is 6.92 Å². The Hall–Kier alpha value is -2.30. The fourth-order valence-corrected chi connectivity index (χ4v) is 1.59. The molecule has 88 valence electrons. The van der Waals surface area contributed by atoms with Crippen molar-refractivity contribution in [2.75, 3.05) is 0 Å². The normalized spacial score (nSPS) is 10.5. The third kappa shape index (κ3) is 2.13. The van der Waals surface area contributed by atoms with Crippen LogP contribution in [0.2, 0.25) is 0 Å². The Morgan fingerprint density at radius 1 is 1.35 bits per heavy atom. The number of aryl methyl sites for hydroxylation is 1. The molecule has 2 aromatic rings. The molecule has 0 radical (unpaired) electrons. The van der Waals surface area contributed by atoms with Crippen molar-refractivity contribution < 1.29 is 19.1 Å². The Bertz CT molecular complexity index is 648. The van der Waals surface area contributed by atoms with Gasteiger partial charge < -0.3 is 14.3 Å². The minimum atomic E-state index is -0.572. The van der Waals surface area contributed by atoms with Crippen molar-refractivity contribution in [3.63, 3.8) is 0 Å². The summed E-state index contributed by atoms with van der Waals surface area (Å²) in [7, 11) is 0. The molecule has 0 aliphatic carbocycles. The molecule has 1 N–H and O–H groups in total. The number of ether oxygens (including phenoxy) is 1. The number of hydrogen-bond donors (Lipinski definition) is 1. The first kappa shape index (κ1) is 11.2. The van der Waals surface area contributed by atoms with Gasteiger partial charge in [-0.1, -0.05) is 0 Å². The van der Waals surface area contributed by atoms with Gasteiger partial charge in [0.1, 0.15) is 28.2 Å². The summed E-state index contributed by atoms with van der Waals surface area (Å²) in [4.78, 5) is 22.7. The molecule has 0 aliphatic rings. The number of fused-ring (bicyclic) bond motifs is 1. The van der Waals surface area contributed by atoms with Gasteiger partial charge in [-0.25, -0.2) is 0 Å². The number of aromatic hydroxyl groups is 1. The van der Waals surface area contributed by atoms with Crippen molar-refractivity contribution in [2.45, 2.75) is 13.8 Å². The van der Waals surface area contributed by atoms with Crippen LogP contribution in [0.1, 0.15) is 12.7 Å². The summed E-state index contributed by atoms with van der Waals surface area (Å²) in [5.74, 6) is -0.289. The largest absolute Gasteiger partial charge is 0.508 e. The molecule has 0 saturated heterocycles. The smallest absolute Gasteiger partial charge is 0.308 e. The van der Waals surface area contributed by atoms with E-state index >= 15 is 0 Å². The van der Waals surface area contributed by atoms with Gasteiger partial charge in [0.15, 0.2) is 5.43 Å². The lowest BCUT2D eigenvalue weighted by molar-refractivity contribution is -0.131. The van der Waals surface area contributed by atoms with E-state index in [9.17, 15) is 14.7 Å². The molecule has 0 saturated carbocycles. The molecule has 0 amide bonds. The Morgan fingerprint density at radius 3 is 2.71 bits per heavy atom. The first-order valence-corrected chi connectivity index (χ1v) is 4.93. The molecule has 1 aromatic carbocycles. The predicted molar refractivity (Wildman–Crippen MR) is 60.2 cm³/mol. The zero-order valence-electron chi connectivity index (χ0n) is 9.31. The van der Waals surface area contributed by atoms with Crippen LogP contribution >= 0.6 is 0 Å². The summed E-state index contributed by atoms with van der Waals surface area (Å²) in [5, 5.41) is 9.59. The number of phenolic OH excluding ortho intramolecular Hbond substituents is 1. The summed E-state index contributed by atoms with van der Waals surface area (Å²) in [6, 6.07) is 3.80. The summed E-state index contributed by atoms with van der Waals surface area (Å²) >= 11 is 0. The lowest BCUT2D eigenvalue weighted by Crippen LogP contribution is -2.07. The van der Waals surface area contributed by atoms with Crippen LogP contribution in [0.3, 0.4) is 0 Å². The van der Waals surface area contributed by atoms with Crippen molar-refractivity contribution in [1.82, 2.24) is 0 Å². The van der Waals surface area contributed by atoms with Crippen molar-refractivity contribution in [2.24, 2.45) is 0 Å². The summed E-state index contributed by atoms with van der Waals surface area (Å²) in [6.07, 6.45) is 0. The zero-order valence-corrected chi connectivity index (χ0v) is 9.31. The first-order chi connectivity index (χ1) is 7.97. The van der Waals surface area contributed by atoms with Gasteiger partial charge in [-0.3, -0.25) is 9.59 Å². The van der Waals surface area contributed by atoms with Crippen LogP contribution in [0.15, 0.2) is 27.4 Å². The highest BCUT2D eigenvalue weighted by molar-refractivity contribution is 5.87. The molecule has 0 aliphatic heterocycles. The van der Waals surface area contributed by atoms with Crippen LogP contribution in [0.25, 0.3) is 11.0 Å². The highest BCUT2D eigenvalue weighted by atomic mass is 16.5. The van der Waals surface area contributed by atoms with E-state index in [2.05, 4.69) is 0 Å². The average molecular weight is 234 g/mol. The second-order valence-corrected chi connectivity index (χ2v) is 3.63. The van der Waals surface area contributed by atoms with Gasteiger partial charge >= 0.3 is 5.97 Å². The molecule has 0 bridgehead atoms. The van der Waals surface area contributed by atoms with Gasteiger partial charge in [0.25, 0.3) is 0 Å². The standard InChI is InChI=1S/C12H10O5/c1-6-3-9(15)12-10(16-6)4-8(14)5-11(12)17-7(2)13/h3-5,14H,1-2H3. The highest BCUT2D eigenvalue weighted by Gasteiger charge is 2.12. The lowest BCUT2D eigenvalue weighted by Gasteiger charge is -2.06. The number of rotatable bonds is 1. The number of benzene rings is 1. The fourth-order valence-electron chi connectivity index (χ4n) is 1.59. The second-order valence-electron chi connectivity index (χ2n) is 3.63. The number of phenols is 1. The summed E-state index contributed by atoms with van der Waals surface area (Å²) in [5.41, 5.74) is -0.133. The molecular formula is C12H10O5. The number of hydrogen-bond acceptors (Lipinski definition) is 5. The molecule has 0 atom stereocenters. The van der Waals surface area contributed by atoms with Gasteiger partial charge in [-0.2, -0.15) is 0 Å². The van der Waals surface area contributed by atoms with E-state index in [4.69, 9.17) is 9.15 Å². The maximum Gasteiger partial charge on any atom is 0.308 e. The minimum Gasteiger partial charge on any atom is -0.508 e. The van der Waals surface area contributed by atoms with Crippen LogP contribution in [-0.4, -0.2) is 11.1 Å². The first-order valence-electron chi connectivity index (χ1n) is 4.93. The number of carbonyl (C=O) groups is 1. The van der Waals surface area contributed by atoms with Crippen molar-refractivity contribution in [3.8, 4) is 11.5 Å². The molecule has 5 nitrogen and oxygen atoms in total. The monoisotopic (exact) mass is 234 g/mol. The molecule has 0 unspecified atom stereocenters. The second kappa shape index (κ2) is 3.93. The van der Waals surface area contributed by atoms with Gasteiger partial charge in [0.05, 0.1) is 0 Å². The molecule has 0 fully saturated rings. The quantitative estimate of drug-likeness (QED) is 0.600. The topological polar surface area (TPSA) is 76.7 Å². The van der Waals surface area contributed by atoms with Gasteiger partial charge in [-0.05, 0) is 6.92 Å². The van der Waals surface area contributed by atoms with Gasteiger partial charge in [0, 0.05) is 25.1 Å². The molecule has 2 rings (SSSR count). The maximum atomic E-state index is 11.8. The van der Waals surface area contributed by atoms with Gasteiger partial charge in [-0.15, -0.1) is 0 Å². The molecule has 0 spiro atoms. The van der Waals surface area contributed by atoms with Crippen LogP contribution < -0.4 is 10.2 Å². The fraction of sp³-hybridized carbons (Fsp3) is 0.167. The molecule has 17 heavy (non-hydrogen) atoms. The predicted octanol–water partition coefficient (Wildman–Crippen LogP) is 1.73. The number of esters is 1.